The molecule has 12 atom stereocenters. The molecule has 4 aromatic rings. The molecule has 4 rings (SSSR count). The van der Waals surface area contributed by atoms with Crippen LogP contribution >= 0.6 is 23.5 Å². The van der Waals surface area contributed by atoms with Crippen molar-refractivity contribution in [2.75, 3.05) is 24.0 Å². The Balaban J connectivity index is 0.000000490. The molecule has 94 heavy (non-hydrogen) atoms. The van der Waals surface area contributed by atoms with E-state index in [1.807, 2.05) is 108 Å². The van der Waals surface area contributed by atoms with Crippen molar-refractivity contribution in [3.63, 3.8) is 0 Å². The molecule has 0 saturated heterocycles. The molecule has 4 aromatic heterocycles. The Morgan fingerprint density at radius 2 is 0.809 bits per heavy atom. The van der Waals surface area contributed by atoms with Crippen molar-refractivity contribution in [3.8, 4) is 0 Å². The minimum absolute atomic E-state index is 0.0733. The molecular weight excluding hydrogens is 1240 g/mol. The Bertz CT molecular complexity index is 2750. The molecule has 10 N–H and O–H groups in total. The van der Waals surface area contributed by atoms with E-state index in [-0.39, 0.29) is 96.9 Å². The molecule has 26 heteroatoms. The molecule has 24 nitrogen and oxygen atoms in total. The fourth-order valence-corrected chi connectivity index (χ4v) is 11.5. The van der Waals surface area contributed by atoms with Gasteiger partial charge < -0.3 is 61.6 Å². The molecule has 0 aromatic carbocycles. The third-order valence-electron chi connectivity index (χ3n) is 16.1. The lowest BCUT2D eigenvalue weighted by molar-refractivity contribution is -0.133. The zero-order valence-electron chi connectivity index (χ0n) is 58.9. The van der Waals surface area contributed by atoms with Crippen LogP contribution in [0.3, 0.4) is 0 Å². The summed E-state index contributed by atoms with van der Waals surface area (Å²) >= 11 is 3.15. The highest BCUT2D eigenvalue weighted by molar-refractivity contribution is 7.98. The van der Waals surface area contributed by atoms with E-state index in [4.69, 9.17) is 8.83 Å². The standard InChI is InChI=1S/2C34H56N6O6S/c2*1-20(2)15-28(29(41)16-22(5)31(42)38-30(21(3)4)34(45)35-18-26-11-10-13-46-26)37-33(44)27(12-14-47-9)36-32(43)23(6)19-40-25(8)17-24(7)39-40/h2*10-11,13,17,20-23,27-30,41H,12,14-16,18-19H2,1-9H3,(H,35,45)(H,36,43)(H,37,44)(H,38,42)/t22-,23+,27+,28+,29+,30+;22-,23-,27+,28+,29+,30+/m11/s1. The summed E-state index contributed by atoms with van der Waals surface area (Å²) in [7, 11) is 0. The molecule has 4 heterocycles. The van der Waals surface area contributed by atoms with Crippen LogP contribution < -0.4 is 42.5 Å². The van der Waals surface area contributed by atoms with Gasteiger partial charge in [-0.15, -0.1) is 0 Å². The van der Waals surface area contributed by atoms with Gasteiger partial charge in [0.25, 0.3) is 0 Å². The molecule has 0 unspecified atom stereocenters. The summed E-state index contributed by atoms with van der Waals surface area (Å²) in [5, 5.41) is 54.5. The largest absolute Gasteiger partial charge is 0.467 e. The zero-order valence-corrected chi connectivity index (χ0v) is 60.6. The van der Waals surface area contributed by atoms with Gasteiger partial charge in [0.15, 0.2) is 0 Å². The summed E-state index contributed by atoms with van der Waals surface area (Å²) in [5.74, 6) is -2.32. The summed E-state index contributed by atoms with van der Waals surface area (Å²) in [4.78, 5) is 106. The maximum atomic E-state index is 13.6. The Kier molecular flexibility index (Phi) is 35.9. The number of nitrogens with one attached hydrogen (secondary N) is 8. The van der Waals surface area contributed by atoms with Crippen LogP contribution in [0.5, 0.6) is 0 Å². The van der Waals surface area contributed by atoms with Crippen LogP contribution in [0.25, 0.3) is 0 Å². The number of rotatable bonds is 40. The highest BCUT2D eigenvalue weighted by atomic mass is 32.2. The summed E-state index contributed by atoms with van der Waals surface area (Å²) < 4.78 is 14.1. The maximum Gasteiger partial charge on any atom is 0.243 e. The number of carbonyl (C=O) groups excluding carboxylic acids is 8. The van der Waals surface area contributed by atoms with Crippen LogP contribution in [0, 0.1) is 75.0 Å². The van der Waals surface area contributed by atoms with Crippen LogP contribution in [-0.4, -0.2) is 150 Å². The first-order chi connectivity index (χ1) is 44.2. The molecule has 0 saturated carbocycles. The van der Waals surface area contributed by atoms with Crippen molar-refractivity contribution >= 4 is 70.8 Å². The Morgan fingerprint density at radius 3 is 1.09 bits per heavy atom. The first kappa shape index (κ1) is 81.6. The molecule has 0 aliphatic heterocycles. The van der Waals surface area contributed by atoms with Crippen molar-refractivity contribution < 1.29 is 57.4 Å². The van der Waals surface area contributed by atoms with Crippen LogP contribution in [0.4, 0.5) is 0 Å². The molecule has 528 valence electrons. The number of aromatic nitrogens is 4. The van der Waals surface area contributed by atoms with Gasteiger partial charge in [0, 0.05) is 23.2 Å². The highest BCUT2D eigenvalue weighted by Crippen LogP contribution is 2.21. The van der Waals surface area contributed by atoms with Crippen molar-refractivity contribution in [1.29, 1.82) is 0 Å². The first-order valence-electron chi connectivity index (χ1n) is 33.0. The van der Waals surface area contributed by atoms with E-state index in [0.717, 1.165) is 22.8 Å². The number of nitrogens with zero attached hydrogens (tertiary/aromatic N) is 4. The van der Waals surface area contributed by atoms with E-state index in [1.54, 1.807) is 84.8 Å². The number of aliphatic hydroxyl groups is 2. The molecule has 0 bridgehead atoms. The molecule has 0 aliphatic carbocycles. The number of hydrogen-bond donors (Lipinski definition) is 10. The van der Waals surface area contributed by atoms with Gasteiger partial charge in [-0.3, -0.25) is 47.7 Å². The second-order valence-corrected chi connectivity index (χ2v) is 28.6. The lowest BCUT2D eigenvalue weighted by Crippen LogP contribution is -2.54. The molecular formula is C68H112N12O12S2. The van der Waals surface area contributed by atoms with E-state index in [9.17, 15) is 48.6 Å². The van der Waals surface area contributed by atoms with Gasteiger partial charge in [0.05, 0.1) is 86.2 Å². The van der Waals surface area contributed by atoms with Gasteiger partial charge >= 0.3 is 0 Å². The van der Waals surface area contributed by atoms with E-state index < -0.39 is 72.1 Å². The monoisotopic (exact) mass is 1350 g/mol. The lowest BCUT2D eigenvalue weighted by atomic mass is 9.91. The zero-order chi connectivity index (χ0) is 70.5. The average molecular weight is 1350 g/mol. The molecule has 0 spiro atoms. The van der Waals surface area contributed by atoms with Crippen molar-refractivity contribution in [3.05, 3.63) is 83.2 Å². The number of furan rings is 2. The van der Waals surface area contributed by atoms with Gasteiger partial charge in [0.2, 0.25) is 47.3 Å². The van der Waals surface area contributed by atoms with Crippen molar-refractivity contribution in [2.45, 2.75) is 224 Å². The highest BCUT2D eigenvalue weighted by Gasteiger charge is 2.35. The van der Waals surface area contributed by atoms with Gasteiger partial charge in [0.1, 0.15) is 35.7 Å². The summed E-state index contributed by atoms with van der Waals surface area (Å²) in [6.07, 6.45) is 6.80. The van der Waals surface area contributed by atoms with Crippen LogP contribution in [0.2, 0.25) is 0 Å². The SMILES string of the molecule is CSCC[C@H](NC(=O)[C@@H](C)Cn1nc(C)cc1C)C(=O)N[C@@H](CC(C)C)[C@@H](O)C[C@@H](C)C(=O)N[C@H](C(=O)NCc1ccco1)C(C)C.CSCC[C@H](NC(=O)[C@H](C)Cn1nc(C)cc1C)C(=O)N[C@@H](CC(C)C)[C@@H](O)C[C@@H](C)C(=O)N[C@H](C(=O)NCc1ccco1)C(C)C. The Hall–Kier alpha value is -6.64. The number of hydrogen-bond acceptors (Lipinski definition) is 16. The fraction of sp³-hybridized carbons (Fsp3) is 0.676. The average Bonchev–Trinajstić information content (AvgIpc) is 1.30. The fourth-order valence-electron chi connectivity index (χ4n) is 10.6. The molecule has 0 aliphatic rings. The second-order valence-electron chi connectivity index (χ2n) is 26.7. The predicted octanol–water partition coefficient (Wildman–Crippen LogP) is 6.68. The third-order valence-corrected chi connectivity index (χ3v) is 17.4. The maximum absolute atomic E-state index is 13.6. The number of aliphatic hydroxyl groups excluding tert-OH is 2. The Morgan fingerprint density at radius 1 is 0.468 bits per heavy atom. The molecule has 0 fully saturated rings. The van der Waals surface area contributed by atoms with E-state index in [0.29, 0.717) is 61.8 Å². The van der Waals surface area contributed by atoms with Crippen molar-refractivity contribution in [1.82, 2.24) is 62.1 Å². The summed E-state index contributed by atoms with van der Waals surface area (Å²) in [6, 6.07) is 6.48. The third kappa shape index (κ3) is 28.7. The smallest absolute Gasteiger partial charge is 0.243 e. The van der Waals surface area contributed by atoms with Crippen LogP contribution in [-0.2, 0) is 64.5 Å². The van der Waals surface area contributed by atoms with Crippen molar-refractivity contribution in [2.24, 2.45) is 47.3 Å². The van der Waals surface area contributed by atoms with Gasteiger partial charge in [-0.2, -0.15) is 33.7 Å². The number of thioether (sulfide) groups is 2. The molecule has 8 amide bonds. The van der Waals surface area contributed by atoms with E-state index in [1.165, 1.54) is 12.5 Å². The quantitative estimate of drug-likeness (QED) is 0.0222. The second kappa shape index (κ2) is 41.3. The minimum Gasteiger partial charge on any atom is -0.467 e. The van der Waals surface area contributed by atoms with Crippen LogP contribution in [0.1, 0.15) is 156 Å². The summed E-state index contributed by atoms with van der Waals surface area (Å²) in [6.45, 7) is 31.2. The minimum atomic E-state index is -1.03. The number of amides is 8. The Labute approximate surface area is 566 Å². The van der Waals surface area contributed by atoms with Crippen LogP contribution in [0.15, 0.2) is 57.8 Å². The van der Waals surface area contributed by atoms with E-state index in [2.05, 4.69) is 52.7 Å². The van der Waals surface area contributed by atoms with Gasteiger partial charge in [-0.05, 0) is 150 Å². The summed E-state index contributed by atoms with van der Waals surface area (Å²) in [5.41, 5.74) is 3.67. The number of carbonyl (C=O) groups is 8. The van der Waals surface area contributed by atoms with E-state index >= 15 is 0 Å². The van der Waals surface area contributed by atoms with Gasteiger partial charge in [-0.25, -0.2) is 0 Å². The first-order valence-corrected chi connectivity index (χ1v) is 35.8. The van der Waals surface area contributed by atoms with Gasteiger partial charge in [-0.1, -0.05) is 83.1 Å². The number of aryl methyl sites for hydroxylation is 4. The molecule has 0 radical (unpaired) electrons. The topological polar surface area (TPSA) is 335 Å². The normalized spacial score (nSPS) is 15.4. The predicted molar refractivity (Wildman–Crippen MR) is 369 cm³/mol. The lowest BCUT2D eigenvalue weighted by Gasteiger charge is -2.30.